The van der Waals surface area contributed by atoms with Gasteiger partial charge >= 0.3 is 6.09 Å². The van der Waals surface area contributed by atoms with Gasteiger partial charge in [-0.05, 0) is 54.8 Å². The second-order valence-electron chi connectivity index (χ2n) is 6.74. The third-order valence-corrected chi connectivity index (χ3v) is 3.03. The first-order valence-corrected chi connectivity index (χ1v) is 7.06. The highest BCUT2D eigenvalue weighted by Gasteiger charge is 2.30. The maximum atomic E-state index is 12.1. The molecule has 0 aliphatic carbocycles. The summed E-state index contributed by atoms with van der Waals surface area (Å²) in [5, 5.41) is 3.54. The van der Waals surface area contributed by atoms with E-state index in [9.17, 15) is 4.79 Å². The molecule has 1 unspecified atom stereocenters. The highest BCUT2D eigenvalue weighted by molar-refractivity contribution is 5.68. The summed E-state index contributed by atoms with van der Waals surface area (Å²) in [6.07, 6.45) is 0.840. The van der Waals surface area contributed by atoms with Crippen molar-refractivity contribution in [3.05, 3.63) is 0 Å². The molecule has 1 saturated heterocycles. The zero-order chi connectivity index (χ0) is 14.6. The molecule has 0 spiro atoms. The molecule has 1 heterocycles. The van der Waals surface area contributed by atoms with Crippen molar-refractivity contribution in [2.75, 3.05) is 33.7 Å². The van der Waals surface area contributed by atoms with E-state index in [4.69, 9.17) is 4.74 Å². The van der Waals surface area contributed by atoms with Gasteiger partial charge in [-0.1, -0.05) is 0 Å². The van der Waals surface area contributed by atoms with Gasteiger partial charge in [0.05, 0.1) is 0 Å². The Balaban J connectivity index is 2.52. The van der Waals surface area contributed by atoms with Gasteiger partial charge in [0.25, 0.3) is 0 Å². The molecule has 0 radical (unpaired) electrons. The van der Waals surface area contributed by atoms with Gasteiger partial charge in [0.15, 0.2) is 0 Å². The van der Waals surface area contributed by atoms with E-state index in [-0.39, 0.29) is 6.09 Å². The fourth-order valence-corrected chi connectivity index (χ4v) is 2.24. The zero-order valence-corrected chi connectivity index (χ0v) is 13.2. The summed E-state index contributed by atoms with van der Waals surface area (Å²) in [6.45, 7) is 10.3. The SMILES string of the molecule is C[C@H]1CN(C(=O)OC(C)(C)C)CC(CCN(C)C)N1. The molecule has 0 aromatic heterocycles. The van der Waals surface area contributed by atoms with Crippen molar-refractivity contribution >= 4 is 6.09 Å². The molecule has 0 saturated carbocycles. The molecule has 19 heavy (non-hydrogen) atoms. The van der Waals surface area contributed by atoms with Crippen LogP contribution in [0.4, 0.5) is 4.79 Å². The van der Waals surface area contributed by atoms with E-state index in [0.29, 0.717) is 18.6 Å². The van der Waals surface area contributed by atoms with Crippen LogP contribution >= 0.6 is 0 Å². The van der Waals surface area contributed by atoms with Crippen molar-refractivity contribution in [1.29, 1.82) is 0 Å². The number of hydrogen-bond donors (Lipinski definition) is 1. The Bertz CT molecular complexity index is 300. The Kier molecular flexibility index (Phi) is 5.62. The van der Waals surface area contributed by atoms with Gasteiger partial charge in [-0.25, -0.2) is 4.79 Å². The van der Waals surface area contributed by atoms with E-state index >= 15 is 0 Å². The molecule has 112 valence electrons. The molecule has 5 heteroatoms. The van der Waals surface area contributed by atoms with Crippen molar-refractivity contribution in [2.24, 2.45) is 0 Å². The van der Waals surface area contributed by atoms with E-state index in [2.05, 4.69) is 31.2 Å². The van der Waals surface area contributed by atoms with Gasteiger partial charge in [-0.15, -0.1) is 0 Å². The van der Waals surface area contributed by atoms with Gasteiger partial charge in [0.1, 0.15) is 5.60 Å². The molecule has 1 fully saturated rings. The number of carbonyl (C=O) groups excluding carboxylic acids is 1. The molecule has 1 rings (SSSR count). The topological polar surface area (TPSA) is 44.8 Å². The molecule has 1 amide bonds. The van der Waals surface area contributed by atoms with Crippen LogP contribution < -0.4 is 5.32 Å². The van der Waals surface area contributed by atoms with Crippen molar-refractivity contribution in [3.8, 4) is 0 Å². The second-order valence-corrected chi connectivity index (χ2v) is 6.74. The summed E-state index contributed by atoms with van der Waals surface area (Å²) < 4.78 is 5.45. The molecule has 0 aromatic rings. The van der Waals surface area contributed by atoms with Gasteiger partial charge in [0.2, 0.25) is 0 Å². The van der Waals surface area contributed by atoms with Gasteiger partial charge < -0.3 is 19.9 Å². The smallest absolute Gasteiger partial charge is 0.410 e. The van der Waals surface area contributed by atoms with E-state index in [1.165, 1.54) is 0 Å². The zero-order valence-electron chi connectivity index (χ0n) is 13.2. The Hall–Kier alpha value is -0.810. The lowest BCUT2D eigenvalue weighted by Crippen LogP contribution is -2.58. The van der Waals surface area contributed by atoms with E-state index < -0.39 is 5.60 Å². The molecule has 1 aliphatic heterocycles. The average Bonchev–Trinajstić information content (AvgIpc) is 2.23. The number of nitrogens with one attached hydrogen (secondary N) is 1. The summed E-state index contributed by atoms with van der Waals surface area (Å²) in [5.74, 6) is 0. The van der Waals surface area contributed by atoms with Crippen LogP contribution in [0.1, 0.15) is 34.1 Å². The predicted octanol–water partition coefficient (Wildman–Crippen LogP) is 1.54. The van der Waals surface area contributed by atoms with E-state index in [1.807, 2.05) is 25.7 Å². The highest BCUT2D eigenvalue weighted by atomic mass is 16.6. The minimum Gasteiger partial charge on any atom is -0.444 e. The summed E-state index contributed by atoms with van der Waals surface area (Å²) in [4.78, 5) is 16.1. The lowest BCUT2D eigenvalue weighted by molar-refractivity contribution is 0.0154. The van der Waals surface area contributed by atoms with Crippen molar-refractivity contribution < 1.29 is 9.53 Å². The fourth-order valence-electron chi connectivity index (χ4n) is 2.24. The third-order valence-electron chi connectivity index (χ3n) is 3.03. The number of piperazine rings is 1. The lowest BCUT2D eigenvalue weighted by Gasteiger charge is -2.38. The molecule has 2 atom stereocenters. The Morgan fingerprint density at radius 2 is 2.00 bits per heavy atom. The highest BCUT2D eigenvalue weighted by Crippen LogP contribution is 2.14. The maximum Gasteiger partial charge on any atom is 0.410 e. The van der Waals surface area contributed by atoms with Gasteiger partial charge in [-0.3, -0.25) is 0 Å². The number of amides is 1. The summed E-state index contributed by atoms with van der Waals surface area (Å²) in [7, 11) is 4.13. The van der Waals surface area contributed by atoms with E-state index in [1.54, 1.807) is 0 Å². The lowest BCUT2D eigenvalue weighted by atomic mass is 10.1. The molecule has 0 bridgehead atoms. The Labute approximate surface area is 117 Å². The minimum atomic E-state index is -0.426. The predicted molar refractivity (Wildman–Crippen MR) is 77.4 cm³/mol. The molecular formula is C14H29N3O2. The first-order chi connectivity index (χ1) is 8.67. The number of nitrogens with zero attached hydrogens (tertiary/aromatic N) is 2. The van der Waals surface area contributed by atoms with Crippen molar-refractivity contribution in [3.63, 3.8) is 0 Å². The van der Waals surface area contributed by atoms with Crippen LogP contribution in [0.5, 0.6) is 0 Å². The number of carbonyl (C=O) groups is 1. The third kappa shape index (κ3) is 6.25. The van der Waals surface area contributed by atoms with Crippen LogP contribution in [0.15, 0.2) is 0 Å². The molecule has 5 nitrogen and oxygen atoms in total. The molecule has 1 N–H and O–H groups in total. The van der Waals surface area contributed by atoms with Crippen LogP contribution in [0.3, 0.4) is 0 Å². The monoisotopic (exact) mass is 271 g/mol. The fraction of sp³-hybridized carbons (Fsp3) is 0.929. The number of hydrogen-bond acceptors (Lipinski definition) is 4. The quantitative estimate of drug-likeness (QED) is 0.845. The number of ether oxygens (including phenoxy) is 1. The van der Waals surface area contributed by atoms with Crippen LogP contribution in [0.25, 0.3) is 0 Å². The summed E-state index contributed by atoms with van der Waals surface area (Å²) in [6, 6.07) is 0.659. The Morgan fingerprint density at radius 1 is 1.37 bits per heavy atom. The van der Waals surface area contributed by atoms with E-state index in [0.717, 1.165) is 19.5 Å². The van der Waals surface area contributed by atoms with Crippen LogP contribution in [-0.2, 0) is 4.74 Å². The summed E-state index contributed by atoms with van der Waals surface area (Å²) in [5.41, 5.74) is -0.426. The maximum absolute atomic E-state index is 12.1. The van der Waals surface area contributed by atoms with Crippen LogP contribution in [-0.4, -0.2) is 67.3 Å². The standard InChI is InChI=1S/C14H29N3O2/c1-11-9-17(13(18)19-14(2,3)4)10-12(15-11)7-8-16(5)6/h11-12,15H,7-10H2,1-6H3/t11-,12?/m0/s1. The van der Waals surface area contributed by atoms with Gasteiger partial charge in [0, 0.05) is 25.2 Å². The minimum absolute atomic E-state index is 0.198. The van der Waals surface area contributed by atoms with Crippen LogP contribution in [0.2, 0.25) is 0 Å². The molecule has 0 aromatic carbocycles. The normalized spacial score (nSPS) is 24.7. The van der Waals surface area contributed by atoms with Crippen molar-refractivity contribution in [2.45, 2.75) is 51.8 Å². The average molecular weight is 271 g/mol. The first-order valence-electron chi connectivity index (χ1n) is 7.06. The second kappa shape index (κ2) is 6.57. The largest absolute Gasteiger partial charge is 0.444 e. The number of rotatable bonds is 3. The Morgan fingerprint density at radius 3 is 2.53 bits per heavy atom. The van der Waals surface area contributed by atoms with Crippen molar-refractivity contribution in [1.82, 2.24) is 15.1 Å². The first kappa shape index (κ1) is 16.2. The van der Waals surface area contributed by atoms with Gasteiger partial charge in [-0.2, -0.15) is 0 Å². The van der Waals surface area contributed by atoms with Crippen LogP contribution in [0, 0.1) is 0 Å². The molecule has 1 aliphatic rings. The summed E-state index contributed by atoms with van der Waals surface area (Å²) >= 11 is 0. The molecular weight excluding hydrogens is 242 g/mol.